The van der Waals surface area contributed by atoms with Gasteiger partial charge in [0.15, 0.2) is 0 Å². The van der Waals surface area contributed by atoms with Gasteiger partial charge in [-0.3, -0.25) is 0 Å². The molecule has 1 aliphatic heterocycles. The zero-order valence-corrected chi connectivity index (χ0v) is 11.8. The molecule has 0 bridgehead atoms. The van der Waals surface area contributed by atoms with Gasteiger partial charge in [0.05, 0.1) is 21.8 Å². The van der Waals surface area contributed by atoms with Crippen LogP contribution in [0.2, 0.25) is 5.02 Å². The molecule has 18 heavy (non-hydrogen) atoms. The quantitative estimate of drug-likeness (QED) is 0.886. The van der Waals surface area contributed by atoms with E-state index in [2.05, 4.69) is 19.2 Å². The first kappa shape index (κ1) is 13.7. The second-order valence-corrected chi connectivity index (χ2v) is 6.03. The van der Waals surface area contributed by atoms with Gasteiger partial charge in [0, 0.05) is 19.6 Å². The molecule has 1 aliphatic rings. The Kier molecular flexibility index (Phi) is 3.85. The van der Waals surface area contributed by atoms with Gasteiger partial charge >= 0.3 is 0 Å². The topological polar surface area (TPSA) is 47.3 Å². The molecule has 3 N–H and O–H groups in total. The first-order valence-corrected chi connectivity index (χ1v) is 6.71. The molecule has 2 rings (SSSR count). The van der Waals surface area contributed by atoms with Crippen LogP contribution in [-0.2, 0) is 4.74 Å². The van der Waals surface area contributed by atoms with Crippen molar-refractivity contribution in [1.29, 1.82) is 0 Å². The molecule has 0 radical (unpaired) electrons. The highest BCUT2D eigenvalue weighted by molar-refractivity contribution is 6.33. The molecule has 0 aliphatic carbocycles. The molecular weight excluding hydrogens is 248 g/mol. The van der Waals surface area contributed by atoms with E-state index in [9.17, 15) is 0 Å². The summed E-state index contributed by atoms with van der Waals surface area (Å²) in [5.74, 6) is 0. The monoisotopic (exact) mass is 268 g/mol. The van der Waals surface area contributed by atoms with Crippen molar-refractivity contribution >= 4 is 17.3 Å². The van der Waals surface area contributed by atoms with Gasteiger partial charge in [-0.05, 0) is 32.4 Å². The fraction of sp³-hybridized carbons (Fsp3) is 0.571. The van der Waals surface area contributed by atoms with Crippen molar-refractivity contribution in [3.05, 3.63) is 29.3 Å². The molecule has 100 valence electrons. The molecule has 0 saturated carbocycles. The lowest BCUT2D eigenvalue weighted by molar-refractivity contribution is -0.0736. The molecule has 1 fully saturated rings. The summed E-state index contributed by atoms with van der Waals surface area (Å²) in [4.78, 5) is 0. The third kappa shape index (κ3) is 2.97. The van der Waals surface area contributed by atoms with Crippen molar-refractivity contribution in [2.24, 2.45) is 5.73 Å². The number of hydrogen-bond acceptors (Lipinski definition) is 3. The van der Waals surface area contributed by atoms with E-state index >= 15 is 0 Å². The molecular formula is C14H21ClN2O. The number of anilines is 1. The smallest absolute Gasteiger partial charge is 0.0649 e. The lowest BCUT2D eigenvalue weighted by Gasteiger charge is -2.45. The van der Waals surface area contributed by atoms with Gasteiger partial charge in [-0.2, -0.15) is 0 Å². The van der Waals surface area contributed by atoms with Crippen molar-refractivity contribution < 1.29 is 4.74 Å². The molecule has 1 atom stereocenters. The average Bonchev–Trinajstić information content (AvgIpc) is 2.31. The zero-order valence-electron chi connectivity index (χ0n) is 11.0. The maximum absolute atomic E-state index is 6.20. The van der Waals surface area contributed by atoms with Gasteiger partial charge in [0.2, 0.25) is 0 Å². The highest BCUT2D eigenvalue weighted by Gasteiger charge is 2.40. The van der Waals surface area contributed by atoms with Crippen molar-refractivity contribution in [2.75, 3.05) is 18.5 Å². The predicted molar refractivity (Wildman–Crippen MR) is 76.1 cm³/mol. The van der Waals surface area contributed by atoms with Gasteiger partial charge in [-0.15, -0.1) is 0 Å². The number of nitrogens with one attached hydrogen (secondary N) is 1. The van der Waals surface area contributed by atoms with E-state index in [1.165, 1.54) is 0 Å². The highest BCUT2D eigenvalue weighted by Crippen LogP contribution is 2.35. The second kappa shape index (κ2) is 5.08. The number of benzene rings is 1. The van der Waals surface area contributed by atoms with Crippen molar-refractivity contribution in [2.45, 2.75) is 37.8 Å². The number of nitrogens with two attached hydrogens (primary N) is 1. The molecule has 0 aromatic heterocycles. The van der Waals surface area contributed by atoms with E-state index in [0.29, 0.717) is 6.54 Å². The Balaban J connectivity index is 2.21. The summed E-state index contributed by atoms with van der Waals surface area (Å²) in [7, 11) is 0. The Labute approximate surface area is 114 Å². The van der Waals surface area contributed by atoms with Gasteiger partial charge < -0.3 is 15.8 Å². The van der Waals surface area contributed by atoms with E-state index in [4.69, 9.17) is 22.1 Å². The minimum atomic E-state index is -0.147. The molecule has 1 saturated heterocycles. The van der Waals surface area contributed by atoms with E-state index in [1.54, 1.807) is 0 Å². The van der Waals surface area contributed by atoms with E-state index < -0.39 is 0 Å². The van der Waals surface area contributed by atoms with E-state index in [1.807, 2.05) is 24.3 Å². The number of para-hydroxylation sites is 1. The summed E-state index contributed by atoms with van der Waals surface area (Å²) in [5.41, 5.74) is 6.66. The first-order valence-electron chi connectivity index (χ1n) is 6.33. The molecule has 1 aromatic carbocycles. The van der Waals surface area contributed by atoms with Gasteiger partial charge in [-0.1, -0.05) is 23.7 Å². The van der Waals surface area contributed by atoms with Crippen LogP contribution in [0.5, 0.6) is 0 Å². The molecule has 3 nitrogen and oxygen atoms in total. The van der Waals surface area contributed by atoms with Crippen LogP contribution in [0.4, 0.5) is 5.69 Å². The number of hydrogen-bond donors (Lipinski definition) is 2. The Bertz CT molecular complexity index is 422. The summed E-state index contributed by atoms with van der Waals surface area (Å²) >= 11 is 6.20. The van der Waals surface area contributed by atoms with Crippen LogP contribution in [0.1, 0.15) is 26.7 Å². The Morgan fingerprint density at radius 1 is 1.39 bits per heavy atom. The number of rotatable bonds is 3. The maximum atomic E-state index is 6.20. The van der Waals surface area contributed by atoms with Crippen molar-refractivity contribution in [3.63, 3.8) is 0 Å². The van der Waals surface area contributed by atoms with E-state index in [0.717, 1.165) is 30.2 Å². The molecule has 1 aromatic rings. The maximum Gasteiger partial charge on any atom is 0.0649 e. The second-order valence-electron chi connectivity index (χ2n) is 5.62. The first-order chi connectivity index (χ1) is 8.46. The number of ether oxygens (including phenoxy) is 1. The Morgan fingerprint density at radius 2 is 2.11 bits per heavy atom. The minimum Gasteiger partial charge on any atom is -0.377 e. The van der Waals surface area contributed by atoms with Crippen molar-refractivity contribution in [1.82, 2.24) is 0 Å². The Hall–Kier alpha value is -0.770. The van der Waals surface area contributed by atoms with E-state index in [-0.39, 0.29) is 11.1 Å². The van der Waals surface area contributed by atoms with Crippen LogP contribution in [0.25, 0.3) is 0 Å². The summed E-state index contributed by atoms with van der Waals surface area (Å²) < 4.78 is 5.76. The fourth-order valence-corrected chi connectivity index (χ4v) is 2.84. The molecule has 1 heterocycles. The van der Waals surface area contributed by atoms with Crippen LogP contribution in [0.15, 0.2) is 24.3 Å². The lowest BCUT2D eigenvalue weighted by atomic mass is 9.81. The average molecular weight is 269 g/mol. The predicted octanol–water partition coefficient (Wildman–Crippen LogP) is 3.04. The van der Waals surface area contributed by atoms with Gasteiger partial charge in [-0.25, -0.2) is 0 Å². The molecule has 0 spiro atoms. The van der Waals surface area contributed by atoms with Crippen LogP contribution in [0.3, 0.4) is 0 Å². The zero-order chi connectivity index (χ0) is 13.2. The third-order valence-electron chi connectivity index (χ3n) is 3.50. The minimum absolute atomic E-state index is 0.132. The third-order valence-corrected chi connectivity index (χ3v) is 3.83. The summed E-state index contributed by atoms with van der Waals surface area (Å²) in [6.07, 6.45) is 1.78. The SMILES string of the molecule is CC1(C)CC(CN)(Nc2ccccc2Cl)CCO1. The van der Waals surface area contributed by atoms with Crippen LogP contribution in [-0.4, -0.2) is 24.3 Å². The fourth-order valence-electron chi connectivity index (χ4n) is 2.66. The molecule has 4 heteroatoms. The lowest BCUT2D eigenvalue weighted by Crippen LogP contribution is -2.55. The Morgan fingerprint density at radius 3 is 2.72 bits per heavy atom. The van der Waals surface area contributed by atoms with Crippen molar-refractivity contribution in [3.8, 4) is 0 Å². The van der Waals surface area contributed by atoms with Crippen LogP contribution in [0, 0.1) is 0 Å². The van der Waals surface area contributed by atoms with Gasteiger partial charge in [0.25, 0.3) is 0 Å². The molecule has 0 amide bonds. The summed E-state index contributed by atoms with van der Waals surface area (Å²) in [5, 5.41) is 4.26. The van der Waals surface area contributed by atoms with Gasteiger partial charge in [0.1, 0.15) is 0 Å². The van der Waals surface area contributed by atoms with Crippen LogP contribution >= 0.6 is 11.6 Å². The summed E-state index contributed by atoms with van der Waals surface area (Å²) in [6.45, 7) is 5.50. The number of halogens is 1. The largest absolute Gasteiger partial charge is 0.377 e. The summed E-state index contributed by atoms with van der Waals surface area (Å²) in [6, 6.07) is 7.78. The normalized spacial score (nSPS) is 26.9. The van der Waals surface area contributed by atoms with Crippen LogP contribution < -0.4 is 11.1 Å². The molecule has 1 unspecified atom stereocenters. The highest BCUT2D eigenvalue weighted by atomic mass is 35.5. The standard InChI is InChI=1S/C14H21ClN2O/c1-13(2)9-14(10-16,7-8-18-13)17-12-6-4-3-5-11(12)15/h3-6,17H,7-10,16H2,1-2H3.